The normalized spacial score (nSPS) is 11.3. The van der Waals surface area contributed by atoms with Crippen LogP contribution in [0.5, 0.6) is 0 Å². The van der Waals surface area contributed by atoms with Gasteiger partial charge >= 0.3 is 0 Å². The van der Waals surface area contributed by atoms with Crippen LogP contribution in [0.15, 0.2) is 41.6 Å². The Morgan fingerprint density at radius 3 is 2.58 bits per heavy atom. The van der Waals surface area contributed by atoms with Gasteiger partial charge in [-0.2, -0.15) is 0 Å². The Hall–Kier alpha value is -1.30. The summed E-state index contributed by atoms with van der Waals surface area (Å²) in [6, 6.07) is 6.30. The Bertz CT molecular complexity index is 717. The molecule has 2 rings (SSSR count). The molecule has 0 aliphatic carbocycles. The fraction of sp³-hybridized carbons (Fsp3) is 0.0833. The van der Waals surface area contributed by atoms with Gasteiger partial charge in [-0.15, -0.1) is 0 Å². The first-order valence-corrected chi connectivity index (χ1v) is 7.52. The number of aryl methyl sites for hydroxylation is 1. The van der Waals surface area contributed by atoms with Crippen LogP contribution in [0.3, 0.4) is 0 Å². The molecule has 0 aliphatic rings. The lowest BCUT2D eigenvalue weighted by atomic mass is 10.2. The molecule has 7 heteroatoms. The van der Waals surface area contributed by atoms with Crippen molar-refractivity contribution in [3.8, 4) is 0 Å². The molecule has 19 heavy (non-hydrogen) atoms. The van der Waals surface area contributed by atoms with E-state index in [1.807, 2.05) is 0 Å². The maximum atomic E-state index is 12.2. The first kappa shape index (κ1) is 14.1. The van der Waals surface area contributed by atoms with Crippen molar-refractivity contribution < 1.29 is 8.42 Å². The lowest BCUT2D eigenvalue weighted by Crippen LogP contribution is -2.14. The Kier molecular flexibility index (Phi) is 3.99. The van der Waals surface area contributed by atoms with Gasteiger partial charge in [0, 0.05) is 17.4 Å². The zero-order valence-electron chi connectivity index (χ0n) is 9.89. The van der Waals surface area contributed by atoms with Crippen molar-refractivity contribution in [1.82, 2.24) is 4.98 Å². The van der Waals surface area contributed by atoms with Crippen LogP contribution in [0.25, 0.3) is 0 Å². The van der Waals surface area contributed by atoms with Crippen molar-refractivity contribution in [1.29, 1.82) is 0 Å². The molecule has 1 aromatic carbocycles. The molecule has 1 aromatic heterocycles. The van der Waals surface area contributed by atoms with Crippen LogP contribution >= 0.6 is 23.2 Å². The molecular formula is C12H10Cl2N2O2S. The average Bonchev–Trinajstić information content (AvgIpc) is 2.33. The smallest absolute Gasteiger partial charge is 0.264 e. The molecule has 0 aliphatic heterocycles. The van der Waals surface area contributed by atoms with Gasteiger partial charge in [-0.1, -0.05) is 23.2 Å². The Labute approximate surface area is 121 Å². The van der Waals surface area contributed by atoms with Crippen molar-refractivity contribution in [3.63, 3.8) is 0 Å². The number of halogens is 2. The summed E-state index contributed by atoms with van der Waals surface area (Å²) in [7, 11) is -3.77. The van der Waals surface area contributed by atoms with Crippen LogP contribution in [0.2, 0.25) is 10.0 Å². The van der Waals surface area contributed by atoms with Gasteiger partial charge in [-0.05, 0) is 36.8 Å². The number of hydrogen-bond acceptors (Lipinski definition) is 3. The van der Waals surface area contributed by atoms with Gasteiger partial charge in [0.15, 0.2) is 0 Å². The topological polar surface area (TPSA) is 59.1 Å². The van der Waals surface area contributed by atoms with Gasteiger partial charge in [0.1, 0.15) is 4.90 Å². The summed E-state index contributed by atoms with van der Waals surface area (Å²) in [5.41, 5.74) is 1.17. The Morgan fingerprint density at radius 1 is 1.21 bits per heavy atom. The summed E-state index contributed by atoms with van der Waals surface area (Å²) >= 11 is 11.7. The first-order valence-electron chi connectivity index (χ1n) is 5.28. The number of aromatic nitrogens is 1. The highest BCUT2D eigenvalue weighted by Crippen LogP contribution is 2.25. The molecule has 0 radical (unpaired) electrons. The fourth-order valence-electron chi connectivity index (χ4n) is 1.50. The zero-order valence-corrected chi connectivity index (χ0v) is 12.2. The Balaban J connectivity index is 2.40. The van der Waals surface area contributed by atoms with E-state index in [0.717, 1.165) is 5.56 Å². The van der Waals surface area contributed by atoms with E-state index in [0.29, 0.717) is 10.7 Å². The number of benzene rings is 1. The van der Waals surface area contributed by atoms with Gasteiger partial charge in [-0.3, -0.25) is 9.71 Å². The molecule has 0 bridgehead atoms. The molecule has 0 atom stereocenters. The lowest BCUT2D eigenvalue weighted by Gasteiger charge is -2.11. The highest BCUT2D eigenvalue weighted by atomic mass is 35.5. The summed E-state index contributed by atoms with van der Waals surface area (Å²) in [4.78, 5) is 3.70. The number of nitrogens with one attached hydrogen (secondary N) is 1. The van der Waals surface area contributed by atoms with Crippen LogP contribution in [0.4, 0.5) is 5.69 Å². The Morgan fingerprint density at radius 2 is 1.95 bits per heavy atom. The van der Waals surface area contributed by atoms with Gasteiger partial charge in [-0.25, -0.2) is 8.42 Å². The fourth-order valence-corrected chi connectivity index (χ4v) is 3.29. The number of sulfonamides is 1. The molecule has 1 heterocycles. The summed E-state index contributed by atoms with van der Waals surface area (Å²) in [5.74, 6) is 0. The molecule has 0 unspecified atom stereocenters. The largest absolute Gasteiger partial charge is 0.279 e. The first-order chi connectivity index (χ1) is 8.90. The van der Waals surface area contributed by atoms with E-state index in [1.54, 1.807) is 25.1 Å². The second kappa shape index (κ2) is 5.36. The second-order valence-corrected chi connectivity index (χ2v) is 6.37. The highest BCUT2D eigenvalue weighted by Gasteiger charge is 2.18. The number of pyridine rings is 1. The number of rotatable bonds is 3. The summed E-state index contributed by atoms with van der Waals surface area (Å²) < 4.78 is 26.8. The van der Waals surface area contributed by atoms with E-state index in [9.17, 15) is 8.42 Å². The third-order valence-electron chi connectivity index (χ3n) is 2.46. The van der Waals surface area contributed by atoms with Crippen molar-refractivity contribution in [2.75, 3.05) is 4.72 Å². The molecule has 100 valence electrons. The molecule has 0 spiro atoms. The third kappa shape index (κ3) is 3.18. The predicted octanol–water partition coefficient (Wildman–Crippen LogP) is 3.50. The third-order valence-corrected chi connectivity index (χ3v) is 4.53. The van der Waals surface area contributed by atoms with Crippen LogP contribution in [-0.2, 0) is 10.0 Å². The molecule has 1 N–H and O–H groups in total. The molecule has 0 fully saturated rings. The molecule has 0 saturated heterocycles. The van der Waals surface area contributed by atoms with Crippen LogP contribution < -0.4 is 4.72 Å². The standard InChI is InChI=1S/C12H10Cl2N2O2S/c1-8-6-9(13)2-3-11(8)16-19(17,18)12-7-15-5-4-10(12)14/h2-7,16H,1H3. The van der Waals surface area contributed by atoms with E-state index in [1.165, 1.54) is 18.5 Å². The van der Waals surface area contributed by atoms with Crippen molar-refractivity contribution in [2.24, 2.45) is 0 Å². The van der Waals surface area contributed by atoms with Crippen LogP contribution in [0.1, 0.15) is 5.56 Å². The highest BCUT2D eigenvalue weighted by molar-refractivity contribution is 7.92. The van der Waals surface area contributed by atoms with Crippen molar-refractivity contribution in [2.45, 2.75) is 11.8 Å². The monoisotopic (exact) mass is 316 g/mol. The number of nitrogens with zero attached hydrogens (tertiary/aromatic N) is 1. The zero-order chi connectivity index (χ0) is 14.0. The molecule has 0 saturated carbocycles. The van der Waals surface area contributed by atoms with E-state index < -0.39 is 10.0 Å². The second-order valence-electron chi connectivity index (χ2n) is 3.87. The minimum Gasteiger partial charge on any atom is -0.279 e. The maximum absolute atomic E-state index is 12.2. The average molecular weight is 317 g/mol. The SMILES string of the molecule is Cc1cc(Cl)ccc1NS(=O)(=O)c1cnccc1Cl. The minimum atomic E-state index is -3.77. The van der Waals surface area contributed by atoms with E-state index >= 15 is 0 Å². The summed E-state index contributed by atoms with van der Waals surface area (Å²) in [6.45, 7) is 1.76. The molecule has 2 aromatic rings. The summed E-state index contributed by atoms with van der Waals surface area (Å²) in [5, 5.41) is 0.661. The molecule has 4 nitrogen and oxygen atoms in total. The van der Waals surface area contributed by atoms with Gasteiger partial charge in [0.05, 0.1) is 10.7 Å². The van der Waals surface area contributed by atoms with Crippen molar-refractivity contribution in [3.05, 3.63) is 52.3 Å². The van der Waals surface area contributed by atoms with Crippen molar-refractivity contribution >= 4 is 38.9 Å². The van der Waals surface area contributed by atoms with Crippen LogP contribution in [-0.4, -0.2) is 13.4 Å². The maximum Gasteiger partial charge on any atom is 0.264 e. The molecular weight excluding hydrogens is 307 g/mol. The van der Waals surface area contributed by atoms with E-state index in [4.69, 9.17) is 23.2 Å². The quantitative estimate of drug-likeness (QED) is 0.942. The molecule has 0 amide bonds. The predicted molar refractivity (Wildman–Crippen MR) is 76.2 cm³/mol. The lowest BCUT2D eigenvalue weighted by molar-refractivity contribution is 0.601. The van der Waals surface area contributed by atoms with Gasteiger partial charge in [0.2, 0.25) is 0 Å². The number of anilines is 1. The van der Waals surface area contributed by atoms with E-state index in [2.05, 4.69) is 9.71 Å². The summed E-state index contributed by atoms with van der Waals surface area (Å²) in [6.07, 6.45) is 2.63. The van der Waals surface area contributed by atoms with E-state index in [-0.39, 0.29) is 9.92 Å². The number of hydrogen-bond donors (Lipinski definition) is 1. The van der Waals surface area contributed by atoms with Crippen LogP contribution in [0, 0.1) is 6.92 Å². The van der Waals surface area contributed by atoms with Gasteiger partial charge in [0.25, 0.3) is 10.0 Å². The minimum absolute atomic E-state index is 0.0639. The van der Waals surface area contributed by atoms with Gasteiger partial charge < -0.3 is 0 Å².